The van der Waals surface area contributed by atoms with Crippen molar-refractivity contribution in [2.75, 3.05) is 27.2 Å². The van der Waals surface area contributed by atoms with Crippen LogP contribution in [0.5, 0.6) is 0 Å². The second-order valence-corrected chi connectivity index (χ2v) is 4.18. The van der Waals surface area contributed by atoms with Gasteiger partial charge in [-0.25, -0.2) is 9.67 Å². The molecular weight excluding hydrogens is 202 g/mol. The van der Waals surface area contributed by atoms with Gasteiger partial charge >= 0.3 is 0 Å². The maximum atomic E-state index is 4.21. The zero-order valence-electron chi connectivity index (χ0n) is 10.6. The van der Waals surface area contributed by atoms with Crippen molar-refractivity contribution >= 4 is 0 Å². The van der Waals surface area contributed by atoms with Gasteiger partial charge in [-0.15, -0.1) is 0 Å². The maximum Gasteiger partial charge on any atom is 0.140 e. The quantitative estimate of drug-likeness (QED) is 0.663. The minimum atomic E-state index is 0.815. The Morgan fingerprint density at radius 3 is 2.88 bits per heavy atom. The van der Waals surface area contributed by atoms with Crippen molar-refractivity contribution in [2.24, 2.45) is 0 Å². The molecule has 0 atom stereocenters. The highest BCUT2D eigenvalue weighted by Gasteiger charge is 2.00. The van der Waals surface area contributed by atoms with Crippen molar-refractivity contribution in [1.29, 1.82) is 0 Å². The van der Waals surface area contributed by atoms with Crippen LogP contribution in [-0.4, -0.2) is 46.8 Å². The van der Waals surface area contributed by atoms with E-state index in [9.17, 15) is 0 Å². The lowest BCUT2D eigenvalue weighted by molar-refractivity contribution is 0.391. The summed E-state index contributed by atoms with van der Waals surface area (Å²) in [6.07, 6.45) is 4.06. The van der Waals surface area contributed by atoms with Gasteiger partial charge in [0.25, 0.3) is 0 Å². The molecule has 0 amide bonds. The van der Waals surface area contributed by atoms with Crippen LogP contribution < -0.4 is 5.32 Å². The zero-order chi connectivity index (χ0) is 11.8. The molecule has 1 aromatic heterocycles. The monoisotopic (exact) mass is 225 g/mol. The molecule has 92 valence electrons. The summed E-state index contributed by atoms with van der Waals surface area (Å²) in [6.45, 7) is 5.99. The van der Waals surface area contributed by atoms with Gasteiger partial charge in [-0.05, 0) is 47.0 Å². The third-order valence-electron chi connectivity index (χ3n) is 2.49. The Bertz CT molecular complexity index is 282. The van der Waals surface area contributed by atoms with Gasteiger partial charge in [0.1, 0.15) is 12.2 Å². The van der Waals surface area contributed by atoms with Gasteiger partial charge in [-0.1, -0.05) is 0 Å². The zero-order valence-corrected chi connectivity index (χ0v) is 10.6. The summed E-state index contributed by atoms with van der Waals surface area (Å²) in [5.74, 6) is 1.02. The molecular formula is C11H23N5. The summed E-state index contributed by atoms with van der Waals surface area (Å²) in [4.78, 5) is 6.43. The summed E-state index contributed by atoms with van der Waals surface area (Å²) in [6, 6.07) is 0. The average Bonchev–Trinajstić information content (AvgIpc) is 2.70. The van der Waals surface area contributed by atoms with Gasteiger partial charge in [-0.3, -0.25) is 0 Å². The molecule has 0 aliphatic heterocycles. The lowest BCUT2D eigenvalue weighted by atomic mass is 10.3. The van der Waals surface area contributed by atoms with E-state index in [2.05, 4.69) is 41.3 Å². The first kappa shape index (κ1) is 13.1. The second kappa shape index (κ2) is 7.35. The highest BCUT2D eigenvalue weighted by atomic mass is 15.3. The molecule has 0 bridgehead atoms. The molecule has 0 aliphatic rings. The van der Waals surface area contributed by atoms with Crippen molar-refractivity contribution in [3.05, 3.63) is 12.2 Å². The highest BCUT2D eigenvalue weighted by molar-refractivity contribution is 4.83. The van der Waals surface area contributed by atoms with Crippen LogP contribution in [0.15, 0.2) is 6.33 Å². The van der Waals surface area contributed by atoms with Gasteiger partial charge in [-0.2, -0.15) is 5.10 Å². The number of nitrogens with one attached hydrogen (secondary N) is 1. The largest absolute Gasteiger partial charge is 0.310 e. The van der Waals surface area contributed by atoms with Crippen molar-refractivity contribution in [2.45, 2.75) is 32.9 Å². The highest BCUT2D eigenvalue weighted by Crippen LogP contribution is 1.94. The molecule has 0 aromatic carbocycles. The van der Waals surface area contributed by atoms with Crippen LogP contribution in [0.4, 0.5) is 0 Å². The first-order valence-corrected chi connectivity index (χ1v) is 5.96. The van der Waals surface area contributed by atoms with Crippen LogP contribution in [0.3, 0.4) is 0 Å². The Morgan fingerprint density at radius 2 is 2.19 bits per heavy atom. The summed E-state index contributed by atoms with van der Waals surface area (Å²) >= 11 is 0. The number of hydrogen-bond donors (Lipinski definition) is 1. The van der Waals surface area contributed by atoms with Crippen LogP contribution in [0.2, 0.25) is 0 Å². The predicted octanol–water partition coefficient (Wildman–Crippen LogP) is 0.729. The molecule has 5 heteroatoms. The number of hydrogen-bond acceptors (Lipinski definition) is 4. The van der Waals surface area contributed by atoms with E-state index in [1.807, 2.05) is 4.68 Å². The molecule has 0 radical (unpaired) electrons. The van der Waals surface area contributed by atoms with Gasteiger partial charge in [0.2, 0.25) is 0 Å². The molecule has 5 nitrogen and oxygen atoms in total. The fourth-order valence-corrected chi connectivity index (χ4v) is 1.57. The van der Waals surface area contributed by atoms with E-state index in [1.54, 1.807) is 6.33 Å². The number of unbranched alkanes of at least 4 members (excludes halogenated alkanes) is 1. The fraction of sp³-hybridized carbons (Fsp3) is 0.818. The number of aryl methyl sites for hydroxylation is 1. The molecule has 0 unspecified atom stereocenters. The fourth-order valence-electron chi connectivity index (χ4n) is 1.57. The smallest absolute Gasteiger partial charge is 0.140 e. The maximum absolute atomic E-state index is 4.21. The summed E-state index contributed by atoms with van der Waals surface area (Å²) in [5, 5.41) is 7.53. The predicted molar refractivity (Wildman–Crippen MR) is 65.2 cm³/mol. The first-order chi connectivity index (χ1) is 7.74. The topological polar surface area (TPSA) is 46.0 Å². The van der Waals surface area contributed by atoms with Crippen LogP contribution in [-0.2, 0) is 13.1 Å². The third-order valence-corrected chi connectivity index (χ3v) is 2.49. The van der Waals surface area contributed by atoms with E-state index in [0.29, 0.717) is 0 Å². The lowest BCUT2D eigenvalue weighted by Gasteiger charge is -2.09. The normalized spacial score (nSPS) is 11.2. The summed E-state index contributed by atoms with van der Waals surface area (Å²) < 4.78 is 1.92. The molecule has 0 aliphatic carbocycles. The van der Waals surface area contributed by atoms with E-state index in [4.69, 9.17) is 0 Å². The van der Waals surface area contributed by atoms with E-state index >= 15 is 0 Å². The number of aromatic nitrogens is 3. The third kappa shape index (κ3) is 4.72. The Labute approximate surface area is 97.9 Å². The molecule has 1 heterocycles. The summed E-state index contributed by atoms with van der Waals surface area (Å²) in [7, 11) is 4.22. The molecule has 0 spiro atoms. The van der Waals surface area contributed by atoms with Crippen molar-refractivity contribution in [3.63, 3.8) is 0 Å². The van der Waals surface area contributed by atoms with Crippen LogP contribution in [0, 0.1) is 0 Å². The van der Waals surface area contributed by atoms with Crippen molar-refractivity contribution in [3.8, 4) is 0 Å². The van der Waals surface area contributed by atoms with Gasteiger partial charge < -0.3 is 10.2 Å². The van der Waals surface area contributed by atoms with Gasteiger partial charge in [0.05, 0.1) is 6.54 Å². The average molecular weight is 225 g/mol. The van der Waals surface area contributed by atoms with Crippen LogP contribution >= 0.6 is 0 Å². The van der Waals surface area contributed by atoms with Crippen molar-refractivity contribution in [1.82, 2.24) is 25.0 Å². The Hall–Kier alpha value is -0.940. The Kier molecular flexibility index (Phi) is 6.03. The van der Waals surface area contributed by atoms with E-state index < -0.39 is 0 Å². The molecule has 0 saturated heterocycles. The molecule has 16 heavy (non-hydrogen) atoms. The first-order valence-electron chi connectivity index (χ1n) is 5.96. The van der Waals surface area contributed by atoms with E-state index in [1.165, 1.54) is 12.8 Å². The molecule has 0 saturated carbocycles. The Morgan fingerprint density at radius 1 is 1.38 bits per heavy atom. The van der Waals surface area contributed by atoms with Gasteiger partial charge in [0.15, 0.2) is 0 Å². The van der Waals surface area contributed by atoms with E-state index in [-0.39, 0.29) is 0 Å². The van der Waals surface area contributed by atoms with Crippen molar-refractivity contribution < 1.29 is 0 Å². The Balaban J connectivity index is 2.07. The van der Waals surface area contributed by atoms with E-state index in [0.717, 1.165) is 32.0 Å². The SMILES string of the molecule is CCn1ncnc1CNCCCCN(C)C. The second-order valence-electron chi connectivity index (χ2n) is 4.18. The minimum Gasteiger partial charge on any atom is -0.310 e. The minimum absolute atomic E-state index is 0.815. The number of rotatable bonds is 8. The number of nitrogens with zero attached hydrogens (tertiary/aromatic N) is 4. The molecule has 0 fully saturated rings. The lowest BCUT2D eigenvalue weighted by Crippen LogP contribution is -2.20. The summed E-state index contributed by atoms with van der Waals surface area (Å²) in [5.41, 5.74) is 0. The van der Waals surface area contributed by atoms with Gasteiger partial charge in [0, 0.05) is 6.54 Å². The standard InChI is InChI=1S/C11H23N5/c1-4-16-11(13-10-14-16)9-12-7-5-6-8-15(2)3/h10,12H,4-9H2,1-3H3. The molecule has 1 rings (SSSR count). The van der Waals surface area contributed by atoms with Crippen LogP contribution in [0.25, 0.3) is 0 Å². The van der Waals surface area contributed by atoms with Crippen LogP contribution in [0.1, 0.15) is 25.6 Å². The molecule has 1 N–H and O–H groups in total. The molecule has 1 aromatic rings.